The molecule has 0 saturated carbocycles. The van der Waals surface area contributed by atoms with E-state index in [-0.39, 0.29) is 11.3 Å². The summed E-state index contributed by atoms with van der Waals surface area (Å²) in [4.78, 5) is 15.5. The molecule has 1 unspecified atom stereocenters. The molecule has 0 aromatic heterocycles. The molecule has 0 fully saturated rings. The molecule has 0 aliphatic rings. The van der Waals surface area contributed by atoms with E-state index in [0.29, 0.717) is 18.4 Å². The van der Waals surface area contributed by atoms with Crippen molar-refractivity contribution in [3.05, 3.63) is 35.4 Å². The van der Waals surface area contributed by atoms with Crippen LogP contribution < -0.4 is 0 Å². The normalized spacial score (nSPS) is 15.3. The first-order valence-electron chi connectivity index (χ1n) is 9.76. The Morgan fingerprint density at radius 3 is 2.58 bits per heavy atom. The first-order valence-corrected chi connectivity index (χ1v) is 9.76. The minimum absolute atomic E-state index is 0.0144. The summed E-state index contributed by atoms with van der Waals surface area (Å²) < 4.78 is 5.14. The zero-order chi connectivity index (χ0) is 19.6. The van der Waals surface area contributed by atoms with Crippen LogP contribution in [0.2, 0.25) is 0 Å². The molecule has 1 aromatic carbocycles. The molecule has 0 radical (unpaired) electrons. The van der Waals surface area contributed by atoms with Gasteiger partial charge in [0, 0.05) is 25.0 Å². The Morgan fingerprint density at radius 1 is 1.27 bits per heavy atom. The molecule has 1 aromatic rings. The van der Waals surface area contributed by atoms with E-state index < -0.39 is 0 Å². The highest BCUT2D eigenvalue weighted by atomic mass is 16.5. The largest absolute Gasteiger partial charge is 0.384 e. The van der Waals surface area contributed by atoms with Crippen molar-refractivity contribution in [3.63, 3.8) is 0 Å². The first-order chi connectivity index (χ1) is 12.3. The van der Waals surface area contributed by atoms with E-state index in [9.17, 15) is 4.79 Å². The Hall–Kier alpha value is -1.48. The summed E-state index contributed by atoms with van der Waals surface area (Å²) in [6.45, 7) is 14.1. The van der Waals surface area contributed by atoms with Gasteiger partial charge in [-0.2, -0.15) is 0 Å². The summed E-state index contributed by atoms with van der Waals surface area (Å²) in [5.74, 6) is -0.0932. The number of aliphatic imine (C=N–C) groups is 1. The fourth-order valence-electron chi connectivity index (χ4n) is 3.43. The van der Waals surface area contributed by atoms with Crippen LogP contribution in [0, 0.1) is 11.3 Å². The Balaban J connectivity index is 2.92. The number of carbonyl (C=O) groups excluding carboxylic acids is 1. The number of rotatable bonds is 13. The molecule has 0 saturated heterocycles. The Bertz CT molecular complexity index is 567. The van der Waals surface area contributed by atoms with Crippen molar-refractivity contribution >= 4 is 13.0 Å². The third-order valence-electron chi connectivity index (χ3n) is 5.69. The summed E-state index contributed by atoms with van der Waals surface area (Å²) >= 11 is 0. The van der Waals surface area contributed by atoms with Gasteiger partial charge in [0.1, 0.15) is 6.29 Å². The lowest BCUT2D eigenvalue weighted by Gasteiger charge is -2.31. The van der Waals surface area contributed by atoms with Crippen molar-refractivity contribution in [2.75, 3.05) is 20.3 Å². The lowest BCUT2D eigenvalue weighted by Crippen LogP contribution is -2.27. The maximum atomic E-state index is 11.2. The molecule has 0 amide bonds. The predicted octanol–water partition coefficient (Wildman–Crippen LogP) is 5.26. The van der Waals surface area contributed by atoms with E-state index in [1.807, 2.05) is 0 Å². The van der Waals surface area contributed by atoms with Gasteiger partial charge in [0.2, 0.25) is 0 Å². The van der Waals surface area contributed by atoms with Crippen molar-refractivity contribution in [2.24, 2.45) is 16.3 Å². The summed E-state index contributed by atoms with van der Waals surface area (Å²) in [7, 11) is 1.64. The Kier molecular flexibility index (Phi) is 9.21. The Labute approximate surface area is 160 Å². The van der Waals surface area contributed by atoms with Gasteiger partial charge in [-0.3, -0.25) is 0 Å². The number of nitrogens with zero attached hydrogens (tertiary/aromatic N) is 1. The molecule has 146 valence electrons. The monoisotopic (exact) mass is 359 g/mol. The fourth-order valence-corrected chi connectivity index (χ4v) is 3.43. The van der Waals surface area contributed by atoms with Gasteiger partial charge < -0.3 is 14.5 Å². The zero-order valence-corrected chi connectivity index (χ0v) is 17.4. The third kappa shape index (κ3) is 7.03. The lowest BCUT2D eigenvalue weighted by atomic mass is 9.75. The summed E-state index contributed by atoms with van der Waals surface area (Å²) in [6.07, 6.45) is 6.40. The number of carbonyl (C=O) groups is 1. The van der Waals surface area contributed by atoms with E-state index in [2.05, 4.69) is 63.7 Å². The van der Waals surface area contributed by atoms with Crippen LogP contribution in [0.15, 0.2) is 29.3 Å². The van der Waals surface area contributed by atoms with Gasteiger partial charge in [0.15, 0.2) is 0 Å². The quantitative estimate of drug-likeness (QED) is 0.356. The number of aldehydes is 1. The molecular formula is C23H37NO2. The van der Waals surface area contributed by atoms with Crippen LogP contribution in [0.3, 0.4) is 0 Å². The van der Waals surface area contributed by atoms with Crippen LogP contribution in [0.1, 0.15) is 64.5 Å². The fraction of sp³-hybridized carbons (Fsp3) is 0.652. The van der Waals surface area contributed by atoms with Crippen LogP contribution in [0.5, 0.6) is 0 Å². The molecule has 0 aliphatic carbocycles. The standard InChI is InChI=1S/C23H37NO2/c1-7-22(2,3)12-9-13-23(4,18-24-5)21-11-8-10-19(15-21)14-20(16-25)17-26-6/h8,10-11,15-16,20H,5,7,9,12-14,17-18H2,1-4,6H3/t20?,23-/m0/s1. The highest BCUT2D eigenvalue weighted by Gasteiger charge is 2.27. The van der Waals surface area contributed by atoms with Crippen LogP contribution in [-0.2, 0) is 21.4 Å². The van der Waals surface area contributed by atoms with E-state index in [4.69, 9.17) is 4.74 Å². The minimum atomic E-state index is -0.0932. The number of hydrogen-bond donors (Lipinski definition) is 0. The SMILES string of the molecule is C=NC[C@](C)(CCCC(C)(C)CC)c1cccc(CC(C=O)COC)c1. The summed E-state index contributed by atoms with van der Waals surface area (Å²) in [5.41, 5.74) is 2.85. The molecule has 2 atom stereocenters. The average molecular weight is 360 g/mol. The minimum Gasteiger partial charge on any atom is -0.384 e. The number of ether oxygens (including phenoxy) is 1. The number of benzene rings is 1. The highest BCUT2D eigenvalue weighted by Crippen LogP contribution is 2.34. The van der Waals surface area contributed by atoms with Crippen molar-refractivity contribution in [3.8, 4) is 0 Å². The molecule has 0 aliphatic heterocycles. The van der Waals surface area contributed by atoms with Gasteiger partial charge >= 0.3 is 0 Å². The van der Waals surface area contributed by atoms with Gasteiger partial charge in [-0.05, 0) is 42.5 Å². The summed E-state index contributed by atoms with van der Waals surface area (Å²) in [6, 6.07) is 8.61. The van der Waals surface area contributed by atoms with Gasteiger partial charge in [0.05, 0.1) is 6.61 Å². The maximum Gasteiger partial charge on any atom is 0.125 e. The Morgan fingerprint density at radius 2 is 2.00 bits per heavy atom. The zero-order valence-electron chi connectivity index (χ0n) is 17.4. The van der Waals surface area contributed by atoms with Crippen molar-refractivity contribution < 1.29 is 9.53 Å². The van der Waals surface area contributed by atoms with E-state index in [0.717, 1.165) is 19.3 Å². The highest BCUT2D eigenvalue weighted by molar-refractivity contribution is 5.54. The van der Waals surface area contributed by atoms with Gasteiger partial charge in [-0.15, -0.1) is 0 Å². The van der Waals surface area contributed by atoms with Crippen molar-refractivity contribution in [1.82, 2.24) is 0 Å². The average Bonchev–Trinajstić information content (AvgIpc) is 2.61. The summed E-state index contributed by atoms with van der Waals surface area (Å²) in [5, 5.41) is 0. The van der Waals surface area contributed by atoms with Crippen molar-refractivity contribution in [2.45, 2.75) is 65.2 Å². The maximum absolute atomic E-state index is 11.2. The molecule has 0 spiro atoms. The molecule has 0 heterocycles. The lowest BCUT2D eigenvalue weighted by molar-refractivity contribution is -0.112. The molecular weight excluding hydrogens is 322 g/mol. The smallest absolute Gasteiger partial charge is 0.125 e. The topological polar surface area (TPSA) is 38.7 Å². The third-order valence-corrected chi connectivity index (χ3v) is 5.69. The first kappa shape index (κ1) is 22.6. The molecule has 0 bridgehead atoms. The molecule has 3 heteroatoms. The van der Waals surface area contributed by atoms with Crippen LogP contribution >= 0.6 is 0 Å². The molecule has 1 rings (SSSR count). The van der Waals surface area contributed by atoms with Gasteiger partial charge in [-0.1, -0.05) is 64.8 Å². The second kappa shape index (κ2) is 10.6. The van der Waals surface area contributed by atoms with Crippen LogP contribution in [0.4, 0.5) is 0 Å². The molecule has 0 N–H and O–H groups in total. The molecule has 26 heavy (non-hydrogen) atoms. The van der Waals surface area contributed by atoms with Gasteiger partial charge in [-0.25, -0.2) is 0 Å². The second-order valence-electron chi connectivity index (χ2n) is 8.57. The van der Waals surface area contributed by atoms with E-state index in [1.54, 1.807) is 7.11 Å². The van der Waals surface area contributed by atoms with Crippen LogP contribution in [0.25, 0.3) is 0 Å². The number of hydrogen-bond acceptors (Lipinski definition) is 3. The van der Waals surface area contributed by atoms with E-state index in [1.165, 1.54) is 30.4 Å². The van der Waals surface area contributed by atoms with Crippen molar-refractivity contribution in [1.29, 1.82) is 0 Å². The number of methoxy groups -OCH3 is 1. The predicted molar refractivity (Wildman–Crippen MR) is 111 cm³/mol. The van der Waals surface area contributed by atoms with Crippen LogP contribution in [-0.4, -0.2) is 33.3 Å². The van der Waals surface area contributed by atoms with E-state index >= 15 is 0 Å². The molecule has 3 nitrogen and oxygen atoms in total. The second-order valence-corrected chi connectivity index (χ2v) is 8.57. The van der Waals surface area contributed by atoms with Gasteiger partial charge in [0.25, 0.3) is 0 Å².